The minimum Gasteiger partial charge on any atom is -0.350 e. The zero-order chi connectivity index (χ0) is 22.5. The van der Waals surface area contributed by atoms with Gasteiger partial charge in [0.05, 0.1) is 6.04 Å². The quantitative estimate of drug-likeness (QED) is 0.512. The van der Waals surface area contributed by atoms with Crippen LogP contribution in [0.4, 0.5) is 8.78 Å². The molecule has 3 aromatic rings. The summed E-state index contributed by atoms with van der Waals surface area (Å²) in [6.45, 7) is 1.92. The van der Waals surface area contributed by atoms with Crippen molar-refractivity contribution in [2.24, 2.45) is 0 Å². The van der Waals surface area contributed by atoms with Gasteiger partial charge in [-0.2, -0.15) is 0 Å². The van der Waals surface area contributed by atoms with Crippen molar-refractivity contribution in [1.29, 1.82) is 0 Å². The van der Waals surface area contributed by atoms with Crippen molar-refractivity contribution in [3.05, 3.63) is 65.5 Å². The van der Waals surface area contributed by atoms with E-state index in [1.54, 1.807) is 38.3 Å². The molecule has 3 N–H and O–H groups in total. The summed E-state index contributed by atoms with van der Waals surface area (Å²) in [5, 5.41) is 6.42. The Labute approximate surface area is 178 Å². The van der Waals surface area contributed by atoms with E-state index in [4.69, 9.17) is 0 Å². The van der Waals surface area contributed by atoms with Crippen LogP contribution >= 0.6 is 0 Å². The highest BCUT2D eigenvalue weighted by Crippen LogP contribution is 2.13. The van der Waals surface area contributed by atoms with Gasteiger partial charge in [0.1, 0.15) is 11.7 Å². The fourth-order valence-electron chi connectivity index (χ4n) is 3.03. The number of amides is 2. The molecule has 31 heavy (non-hydrogen) atoms. The molecular weight excluding hydrogens is 404 g/mol. The maximum atomic E-state index is 13.6. The van der Waals surface area contributed by atoms with Crippen molar-refractivity contribution in [3.63, 3.8) is 0 Å². The minimum absolute atomic E-state index is 0.0179. The number of benzene rings is 1. The van der Waals surface area contributed by atoms with Crippen LogP contribution in [0.5, 0.6) is 0 Å². The topological polar surface area (TPSA) is 90.1 Å². The van der Waals surface area contributed by atoms with Gasteiger partial charge in [-0.05, 0) is 56.4 Å². The van der Waals surface area contributed by atoms with Crippen LogP contribution in [-0.4, -0.2) is 52.9 Å². The van der Waals surface area contributed by atoms with Crippen LogP contribution in [0, 0.1) is 11.6 Å². The molecule has 9 heteroatoms. The molecule has 7 nitrogen and oxygen atoms in total. The Kier molecular flexibility index (Phi) is 6.96. The molecule has 0 fully saturated rings. The molecule has 0 unspecified atom stereocenters. The number of likely N-dealkylation sites (N-methyl/N-ethyl adjacent to an activating group) is 1. The number of nitrogens with zero attached hydrogens (tertiary/aromatic N) is 2. The van der Waals surface area contributed by atoms with E-state index in [1.807, 2.05) is 12.1 Å². The predicted octanol–water partition coefficient (Wildman–Crippen LogP) is 2.13. The van der Waals surface area contributed by atoms with E-state index in [-0.39, 0.29) is 18.9 Å². The minimum atomic E-state index is -1.00. The number of H-pyrrole nitrogens is 1. The fourth-order valence-corrected chi connectivity index (χ4v) is 3.03. The third-order valence-electron chi connectivity index (χ3n) is 5.13. The van der Waals surface area contributed by atoms with Crippen LogP contribution in [0.3, 0.4) is 0 Å². The third-order valence-corrected chi connectivity index (χ3v) is 5.13. The van der Waals surface area contributed by atoms with Gasteiger partial charge in [0, 0.05) is 30.7 Å². The smallest absolute Gasteiger partial charge is 0.243 e. The first-order valence-corrected chi connectivity index (χ1v) is 9.85. The SMILES string of the molecule is C[C@@H](C(=O)N[C@@H](Cc1ccc(F)c(F)c1)C(=O)NCc1cnc2[nH]ccc2c1)N(C)C. The Bertz CT molecular complexity index is 1080. The van der Waals surface area contributed by atoms with Gasteiger partial charge >= 0.3 is 0 Å². The van der Waals surface area contributed by atoms with Gasteiger partial charge in [-0.15, -0.1) is 0 Å². The number of aromatic nitrogens is 2. The average molecular weight is 429 g/mol. The first-order chi connectivity index (χ1) is 14.7. The van der Waals surface area contributed by atoms with Crippen LogP contribution in [0.1, 0.15) is 18.1 Å². The molecule has 2 atom stereocenters. The second-order valence-corrected chi connectivity index (χ2v) is 7.63. The number of carbonyl (C=O) groups is 2. The molecule has 0 bridgehead atoms. The highest BCUT2D eigenvalue weighted by Gasteiger charge is 2.25. The van der Waals surface area contributed by atoms with Crippen molar-refractivity contribution < 1.29 is 18.4 Å². The second-order valence-electron chi connectivity index (χ2n) is 7.63. The zero-order valence-electron chi connectivity index (χ0n) is 17.6. The lowest BCUT2D eigenvalue weighted by Crippen LogP contribution is -2.52. The second kappa shape index (κ2) is 9.65. The van der Waals surface area contributed by atoms with Crippen LogP contribution in [0.15, 0.2) is 42.7 Å². The number of carbonyl (C=O) groups excluding carboxylic acids is 2. The van der Waals surface area contributed by atoms with Gasteiger partial charge in [0.2, 0.25) is 11.8 Å². The molecule has 0 spiro atoms. The first kappa shape index (κ1) is 22.4. The third kappa shape index (κ3) is 5.64. The standard InChI is InChI=1S/C22H25F2N5O2/c1-13(29(2)3)21(30)28-19(10-14-4-5-17(23)18(24)9-14)22(31)27-12-15-8-16-6-7-25-20(16)26-11-15/h4-9,11,13,19H,10,12H2,1-3H3,(H,25,26)(H,27,31)(H,28,30)/t13-,19-/m0/s1. The van der Waals surface area contributed by atoms with Crippen molar-refractivity contribution in [3.8, 4) is 0 Å². The average Bonchev–Trinajstić information content (AvgIpc) is 3.21. The monoisotopic (exact) mass is 429 g/mol. The lowest BCUT2D eigenvalue weighted by atomic mass is 10.0. The van der Waals surface area contributed by atoms with Gasteiger partial charge in [0.15, 0.2) is 11.6 Å². The molecule has 0 aliphatic heterocycles. The van der Waals surface area contributed by atoms with Crippen LogP contribution in [0.2, 0.25) is 0 Å². The van der Waals surface area contributed by atoms with Crippen LogP contribution in [0.25, 0.3) is 11.0 Å². The number of hydrogen-bond acceptors (Lipinski definition) is 4. The number of nitrogens with one attached hydrogen (secondary N) is 3. The molecule has 0 aliphatic rings. The largest absolute Gasteiger partial charge is 0.350 e. The fraction of sp³-hybridized carbons (Fsp3) is 0.318. The van der Waals surface area contributed by atoms with Crippen molar-refractivity contribution in [1.82, 2.24) is 25.5 Å². The summed E-state index contributed by atoms with van der Waals surface area (Å²) in [6, 6.07) is 5.77. The summed E-state index contributed by atoms with van der Waals surface area (Å²) in [7, 11) is 3.50. The van der Waals surface area contributed by atoms with E-state index in [1.165, 1.54) is 6.07 Å². The molecule has 0 aliphatic carbocycles. The maximum Gasteiger partial charge on any atom is 0.243 e. The normalized spacial score (nSPS) is 13.2. The van der Waals surface area contributed by atoms with Crippen LogP contribution in [-0.2, 0) is 22.6 Å². The van der Waals surface area contributed by atoms with E-state index in [2.05, 4.69) is 20.6 Å². The number of fused-ring (bicyclic) bond motifs is 1. The van der Waals surface area contributed by atoms with Gasteiger partial charge in [-0.25, -0.2) is 13.8 Å². The lowest BCUT2D eigenvalue weighted by Gasteiger charge is -2.24. The van der Waals surface area contributed by atoms with Gasteiger partial charge in [-0.3, -0.25) is 14.5 Å². The van der Waals surface area contributed by atoms with E-state index < -0.39 is 29.6 Å². The van der Waals surface area contributed by atoms with Crippen molar-refractivity contribution in [2.45, 2.75) is 32.0 Å². The maximum absolute atomic E-state index is 13.6. The first-order valence-electron chi connectivity index (χ1n) is 9.85. The molecule has 164 valence electrons. The van der Waals surface area contributed by atoms with E-state index in [0.29, 0.717) is 5.56 Å². The number of rotatable bonds is 8. The van der Waals surface area contributed by atoms with E-state index in [0.717, 1.165) is 28.7 Å². The van der Waals surface area contributed by atoms with Crippen LogP contribution < -0.4 is 10.6 Å². The molecule has 2 amide bonds. The molecule has 0 radical (unpaired) electrons. The molecule has 1 aromatic carbocycles. The van der Waals surface area contributed by atoms with E-state index in [9.17, 15) is 18.4 Å². The number of hydrogen-bond donors (Lipinski definition) is 3. The zero-order valence-corrected chi connectivity index (χ0v) is 17.6. The lowest BCUT2D eigenvalue weighted by molar-refractivity contribution is -0.131. The Morgan fingerprint density at radius 3 is 2.58 bits per heavy atom. The number of halogens is 2. The van der Waals surface area contributed by atoms with Gasteiger partial charge < -0.3 is 15.6 Å². The highest BCUT2D eigenvalue weighted by molar-refractivity contribution is 5.89. The summed E-state index contributed by atoms with van der Waals surface area (Å²) in [6.07, 6.45) is 3.44. The predicted molar refractivity (Wildman–Crippen MR) is 113 cm³/mol. The summed E-state index contributed by atoms with van der Waals surface area (Å²) in [4.78, 5) is 34.4. The van der Waals surface area contributed by atoms with Crippen molar-refractivity contribution in [2.75, 3.05) is 14.1 Å². The molecule has 0 saturated carbocycles. The molecule has 2 aromatic heterocycles. The summed E-state index contributed by atoms with van der Waals surface area (Å²) >= 11 is 0. The Balaban J connectivity index is 1.73. The van der Waals surface area contributed by atoms with E-state index >= 15 is 0 Å². The molecule has 2 heterocycles. The van der Waals surface area contributed by atoms with Crippen molar-refractivity contribution >= 4 is 22.8 Å². The Morgan fingerprint density at radius 1 is 1.10 bits per heavy atom. The van der Waals surface area contributed by atoms with Gasteiger partial charge in [-0.1, -0.05) is 6.07 Å². The van der Waals surface area contributed by atoms with Gasteiger partial charge in [0.25, 0.3) is 0 Å². The highest BCUT2D eigenvalue weighted by atomic mass is 19.2. The number of pyridine rings is 1. The summed E-state index contributed by atoms with van der Waals surface area (Å²) in [5.74, 6) is -2.75. The Morgan fingerprint density at radius 2 is 1.87 bits per heavy atom. The molecule has 0 saturated heterocycles. The Hall–Kier alpha value is -3.33. The summed E-state index contributed by atoms with van der Waals surface area (Å²) in [5.41, 5.74) is 1.93. The summed E-state index contributed by atoms with van der Waals surface area (Å²) < 4.78 is 26.9. The molecular formula is C22H25F2N5O2. The molecule has 3 rings (SSSR count). The number of aromatic amines is 1.